The van der Waals surface area contributed by atoms with Crippen LogP contribution in [0.4, 0.5) is 0 Å². The average molecular weight is 377 g/mol. The number of hydrogen-bond acceptors (Lipinski definition) is 6. The Bertz CT molecular complexity index is 937. The number of rotatable bonds is 4. The van der Waals surface area contributed by atoms with Crippen molar-refractivity contribution in [2.45, 2.75) is 38.5 Å². The zero-order chi connectivity index (χ0) is 19.5. The number of nitrogens with zero attached hydrogens (tertiary/aromatic N) is 5. The molecule has 4 rings (SSSR count). The van der Waals surface area contributed by atoms with Gasteiger partial charge >= 0.3 is 0 Å². The summed E-state index contributed by atoms with van der Waals surface area (Å²) in [4.78, 5) is 27.6. The maximum Gasteiger partial charge on any atom is 0.253 e. The Labute approximate surface area is 163 Å². The molecule has 1 unspecified atom stereocenters. The molecule has 1 atom stereocenters. The minimum absolute atomic E-state index is 0.0429. The highest BCUT2D eigenvalue weighted by Gasteiger charge is 2.26. The molecule has 28 heavy (non-hydrogen) atoms. The van der Waals surface area contributed by atoms with E-state index >= 15 is 0 Å². The molecule has 3 heterocycles. The van der Waals surface area contributed by atoms with E-state index in [0.29, 0.717) is 23.8 Å². The van der Waals surface area contributed by atoms with Gasteiger partial charge in [0.15, 0.2) is 0 Å². The van der Waals surface area contributed by atoms with Gasteiger partial charge in [-0.3, -0.25) is 4.79 Å². The molecule has 7 nitrogen and oxygen atoms in total. The highest BCUT2D eigenvalue weighted by Crippen LogP contribution is 2.27. The van der Waals surface area contributed by atoms with Crippen LogP contribution in [0.25, 0.3) is 11.4 Å². The summed E-state index contributed by atoms with van der Waals surface area (Å²) < 4.78 is 5.26. The fourth-order valence-electron chi connectivity index (χ4n) is 3.48. The van der Waals surface area contributed by atoms with Gasteiger partial charge in [-0.05, 0) is 31.0 Å². The van der Waals surface area contributed by atoms with Crippen molar-refractivity contribution in [3.05, 3.63) is 60.0 Å². The van der Waals surface area contributed by atoms with E-state index in [1.807, 2.05) is 49.1 Å². The van der Waals surface area contributed by atoms with Crippen molar-refractivity contribution < 1.29 is 9.32 Å². The standard InChI is InChI=1S/C21H23N5O2/c1-14(2)20-24-19(25-28-20)15-5-7-16(8-6-15)21(27)26-11-3-4-17(12-26)18-9-10-22-13-23-18/h5-10,13-14,17H,3-4,11-12H2,1-2H3. The molecule has 0 radical (unpaired) electrons. The number of aromatic nitrogens is 4. The number of hydrogen-bond donors (Lipinski definition) is 0. The van der Waals surface area contributed by atoms with Crippen LogP contribution in [0.2, 0.25) is 0 Å². The predicted octanol–water partition coefficient (Wildman–Crippen LogP) is 3.67. The molecule has 2 aromatic heterocycles. The Morgan fingerprint density at radius 3 is 2.71 bits per heavy atom. The summed E-state index contributed by atoms with van der Waals surface area (Å²) >= 11 is 0. The summed E-state index contributed by atoms with van der Waals surface area (Å²) in [5, 5.41) is 4.02. The van der Waals surface area contributed by atoms with E-state index in [4.69, 9.17) is 4.52 Å². The van der Waals surface area contributed by atoms with Crippen LogP contribution in [0, 0.1) is 0 Å². The fraction of sp³-hybridized carbons (Fsp3) is 0.381. The molecule has 0 saturated carbocycles. The quantitative estimate of drug-likeness (QED) is 0.690. The van der Waals surface area contributed by atoms with Gasteiger partial charge in [-0.25, -0.2) is 9.97 Å². The molecule has 1 fully saturated rings. The van der Waals surface area contributed by atoms with Gasteiger partial charge in [-0.1, -0.05) is 31.1 Å². The van der Waals surface area contributed by atoms with E-state index in [0.717, 1.165) is 30.6 Å². The molecule has 7 heteroatoms. The zero-order valence-corrected chi connectivity index (χ0v) is 16.1. The smallest absolute Gasteiger partial charge is 0.253 e. The molecule has 1 aliphatic rings. The van der Waals surface area contributed by atoms with Crippen molar-refractivity contribution >= 4 is 5.91 Å². The van der Waals surface area contributed by atoms with Crippen molar-refractivity contribution in [1.29, 1.82) is 0 Å². The summed E-state index contributed by atoms with van der Waals surface area (Å²) in [6.45, 7) is 5.46. The van der Waals surface area contributed by atoms with Crippen LogP contribution < -0.4 is 0 Å². The van der Waals surface area contributed by atoms with E-state index in [9.17, 15) is 4.79 Å². The van der Waals surface area contributed by atoms with Crippen LogP contribution in [0.1, 0.15) is 60.5 Å². The first-order chi connectivity index (χ1) is 13.6. The molecule has 0 aliphatic carbocycles. The SMILES string of the molecule is CC(C)c1nc(-c2ccc(C(=O)N3CCCC(c4ccncn4)C3)cc2)no1. The van der Waals surface area contributed by atoms with Gasteiger partial charge in [0.2, 0.25) is 11.7 Å². The lowest BCUT2D eigenvalue weighted by molar-refractivity contribution is 0.0706. The lowest BCUT2D eigenvalue weighted by Gasteiger charge is -2.32. The van der Waals surface area contributed by atoms with Crippen molar-refractivity contribution in [3.8, 4) is 11.4 Å². The minimum Gasteiger partial charge on any atom is -0.339 e. The van der Waals surface area contributed by atoms with Gasteiger partial charge in [0.25, 0.3) is 5.91 Å². The first kappa shape index (κ1) is 18.3. The second-order valence-electron chi connectivity index (χ2n) is 7.41. The molecule has 1 aromatic carbocycles. The molecule has 0 N–H and O–H groups in total. The Balaban J connectivity index is 1.47. The number of benzene rings is 1. The van der Waals surface area contributed by atoms with E-state index in [1.54, 1.807) is 12.5 Å². The third-order valence-electron chi connectivity index (χ3n) is 5.06. The highest BCUT2D eigenvalue weighted by atomic mass is 16.5. The minimum atomic E-state index is 0.0429. The molecular weight excluding hydrogens is 354 g/mol. The Morgan fingerprint density at radius 2 is 2.04 bits per heavy atom. The summed E-state index contributed by atoms with van der Waals surface area (Å²) in [6.07, 6.45) is 5.33. The monoisotopic (exact) mass is 377 g/mol. The molecule has 0 spiro atoms. The van der Waals surface area contributed by atoms with E-state index in [1.165, 1.54) is 0 Å². The third-order valence-corrected chi connectivity index (χ3v) is 5.06. The third kappa shape index (κ3) is 3.78. The summed E-state index contributed by atoms with van der Waals surface area (Å²) in [5.74, 6) is 1.64. The van der Waals surface area contributed by atoms with Crippen LogP contribution in [0.3, 0.4) is 0 Å². The molecule has 3 aromatic rings. The van der Waals surface area contributed by atoms with Crippen LogP contribution in [-0.4, -0.2) is 44.0 Å². The zero-order valence-electron chi connectivity index (χ0n) is 16.1. The number of piperidine rings is 1. The van der Waals surface area contributed by atoms with Crippen molar-refractivity contribution in [2.75, 3.05) is 13.1 Å². The van der Waals surface area contributed by atoms with Crippen LogP contribution in [-0.2, 0) is 0 Å². The van der Waals surface area contributed by atoms with Crippen molar-refractivity contribution in [2.24, 2.45) is 0 Å². The van der Waals surface area contributed by atoms with Gasteiger partial charge in [-0.15, -0.1) is 0 Å². The maximum atomic E-state index is 13.0. The molecule has 1 amide bonds. The van der Waals surface area contributed by atoms with E-state index < -0.39 is 0 Å². The Morgan fingerprint density at radius 1 is 1.21 bits per heavy atom. The van der Waals surface area contributed by atoms with Gasteiger partial charge in [-0.2, -0.15) is 4.98 Å². The number of amides is 1. The number of likely N-dealkylation sites (tertiary alicyclic amines) is 1. The van der Waals surface area contributed by atoms with E-state index in [2.05, 4.69) is 20.1 Å². The van der Waals surface area contributed by atoms with Crippen molar-refractivity contribution in [3.63, 3.8) is 0 Å². The number of carbonyl (C=O) groups is 1. The van der Waals surface area contributed by atoms with Gasteiger partial charge in [0.05, 0.1) is 0 Å². The Kier molecular flexibility index (Phi) is 5.14. The Hall–Kier alpha value is -3.09. The fourth-order valence-corrected chi connectivity index (χ4v) is 3.48. The molecule has 0 bridgehead atoms. The second-order valence-corrected chi connectivity index (χ2v) is 7.41. The summed E-state index contributed by atoms with van der Waals surface area (Å²) in [7, 11) is 0. The maximum absolute atomic E-state index is 13.0. The molecule has 1 aliphatic heterocycles. The van der Waals surface area contributed by atoms with Crippen LogP contribution >= 0.6 is 0 Å². The first-order valence-corrected chi connectivity index (χ1v) is 9.61. The number of carbonyl (C=O) groups excluding carboxylic acids is 1. The predicted molar refractivity (Wildman–Crippen MR) is 104 cm³/mol. The largest absolute Gasteiger partial charge is 0.339 e. The molecular formula is C21H23N5O2. The van der Waals surface area contributed by atoms with Crippen molar-refractivity contribution in [1.82, 2.24) is 25.0 Å². The van der Waals surface area contributed by atoms with Crippen LogP contribution in [0.15, 0.2) is 47.4 Å². The second kappa shape index (κ2) is 7.88. The summed E-state index contributed by atoms with van der Waals surface area (Å²) in [6, 6.07) is 9.33. The average Bonchev–Trinajstić information content (AvgIpc) is 3.25. The highest BCUT2D eigenvalue weighted by molar-refractivity contribution is 5.94. The van der Waals surface area contributed by atoms with Crippen LogP contribution in [0.5, 0.6) is 0 Å². The molecule has 144 valence electrons. The van der Waals surface area contributed by atoms with Gasteiger partial charge < -0.3 is 9.42 Å². The lowest BCUT2D eigenvalue weighted by Crippen LogP contribution is -2.39. The van der Waals surface area contributed by atoms with E-state index in [-0.39, 0.29) is 17.7 Å². The van der Waals surface area contributed by atoms with Gasteiger partial charge in [0.1, 0.15) is 6.33 Å². The lowest BCUT2D eigenvalue weighted by atomic mass is 9.94. The molecule has 1 saturated heterocycles. The summed E-state index contributed by atoms with van der Waals surface area (Å²) in [5.41, 5.74) is 2.50. The normalized spacial score (nSPS) is 17.1. The first-order valence-electron chi connectivity index (χ1n) is 9.61. The topological polar surface area (TPSA) is 85.0 Å². The van der Waals surface area contributed by atoms with Gasteiger partial charge in [0, 0.05) is 47.9 Å².